The molecule has 232 valence electrons. The number of alkyl halides is 6. The summed E-state index contributed by atoms with van der Waals surface area (Å²) in [6, 6.07) is 21.8. The molecule has 3 nitrogen and oxygen atoms in total. The molecule has 2 aromatic carbocycles. The van der Waals surface area contributed by atoms with Crippen LogP contribution < -0.4 is 9.13 Å². The summed E-state index contributed by atoms with van der Waals surface area (Å²) in [7, 11) is 0. The van der Waals surface area contributed by atoms with Crippen molar-refractivity contribution in [1.29, 1.82) is 0 Å². The number of hydrogen-bond acceptors (Lipinski definition) is 1. The molecule has 0 radical (unpaired) electrons. The Bertz CT molecular complexity index is 2000. The van der Waals surface area contributed by atoms with Crippen LogP contribution in [0.2, 0.25) is 0 Å². The standard InChI is InChI=1S/C37H29F6N3/c1-22-17-34-35-24(19-25(36(38,39)40)20-30(35)37(41,42)43)13-14-28-26-9-3-4-10-27(26)32-12-6-8-16-45(32)33(28)18-23(2)46(34)21-29(22)31-11-5-7-15-44-31/h3-12,15-17,19-21,28,33H,2,13-14,18H2,1H3/q+2. The lowest BCUT2D eigenvalue weighted by molar-refractivity contribution is -0.720. The van der Waals surface area contributed by atoms with Crippen LogP contribution >= 0.6 is 0 Å². The van der Waals surface area contributed by atoms with Gasteiger partial charge in [-0.3, -0.25) is 4.98 Å². The van der Waals surface area contributed by atoms with E-state index in [0.29, 0.717) is 35.4 Å². The third-order valence-electron chi connectivity index (χ3n) is 9.20. The van der Waals surface area contributed by atoms with Crippen molar-refractivity contribution in [3.05, 3.63) is 132 Å². The second-order valence-corrected chi connectivity index (χ2v) is 12.0. The zero-order valence-corrected chi connectivity index (χ0v) is 24.8. The van der Waals surface area contributed by atoms with Gasteiger partial charge in [-0.05, 0) is 79.4 Å². The largest absolute Gasteiger partial charge is 0.417 e. The molecule has 0 amide bonds. The monoisotopic (exact) mass is 629 g/mol. The number of hydrogen-bond donors (Lipinski definition) is 0. The summed E-state index contributed by atoms with van der Waals surface area (Å²) in [5.74, 6) is -0.201. The lowest BCUT2D eigenvalue weighted by Crippen LogP contribution is -2.49. The molecule has 2 aliphatic heterocycles. The highest BCUT2D eigenvalue weighted by atomic mass is 19.4. The van der Waals surface area contributed by atoms with E-state index in [1.807, 2.05) is 60.8 Å². The van der Waals surface area contributed by atoms with Gasteiger partial charge < -0.3 is 0 Å². The molecule has 0 fully saturated rings. The van der Waals surface area contributed by atoms with Gasteiger partial charge in [0.15, 0.2) is 24.1 Å². The van der Waals surface area contributed by atoms with Gasteiger partial charge in [-0.2, -0.15) is 35.5 Å². The van der Waals surface area contributed by atoms with Gasteiger partial charge in [-0.1, -0.05) is 24.3 Å². The Balaban J connectivity index is 1.53. The van der Waals surface area contributed by atoms with Crippen LogP contribution in [0.4, 0.5) is 26.3 Å². The molecular weight excluding hydrogens is 600 g/mol. The van der Waals surface area contributed by atoms with Crippen LogP contribution in [0.1, 0.15) is 52.6 Å². The van der Waals surface area contributed by atoms with Gasteiger partial charge in [-0.15, -0.1) is 0 Å². The van der Waals surface area contributed by atoms with E-state index < -0.39 is 23.5 Å². The lowest BCUT2D eigenvalue weighted by atomic mass is 9.77. The highest BCUT2D eigenvalue weighted by molar-refractivity contribution is 5.73. The van der Waals surface area contributed by atoms with Crippen molar-refractivity contribution in [1.82, 2.24) is 4.98 Å². The van der Waals surface area contributed by atoms with Crippen molar-refractivity contribution in [2.24, 2.45) is 0 Å². The molecule has 7 rings (SSSR count). The number of nitrogens with zero attached hydrogens (tertiary/aromatic N) is 3. The summed E-state index contributed by atoms with van der Waals surface area (Å²) in [5.41, 5.74) is 2.71. The van der Waals surface area contributed by atoms with Crippen LogP contribution in [0.25, 0.3) is 39.5 Å². The molecule has 0 bridgehead atoms. The van der Waals surface area contributed by atoms with Crippen LogP contribution in [0.15, 0.2) is 104 Å². The number of rotatable bonds is 1. The zero-order chi connectivity index (χ0) is 32.4. The van der Waals surface area contributed by atoms with Gasteiger partial charge in [0.2, 0.25) is 11.4 Å². The van der Waals surface area contributed by atoms with Gasteiger partial charge in [0.25, 0.3) is 0 Å². The van der Waals surface area contributed by atoms with Crippen LogP contribution in [-0.2, 0) is 18.8 Å². The van der Waals surface area contributed by atoms with Gasteiger partial charge in [-0.25, -0.2) is 0 Å². The fourth-order valence-electron chi connectivity index (χ4n) is 7.15. The predicted molar refractivity (Wildman–Crippen MR) is 162 cm³/mol. The first-order chi connectivity index (χ1) is 21.9. The van der Waals surface area contributed by atoms with Gasteiger partial charge in [0.1, 0.15) is 0 Å². The number of benzene rings is 2. The molecule has 5 heterocycles. The topological polar surface area (TPSA) is 20.6 Å². The van der Waals surface area contributed by atoms with Crippen LogP contribution in [0, 0.1) is 6.92 Å². The molecule has 0 spiro atoms. The normalized spacial score (nSPS) is 17.7. The lowest BCUT2D eigenvalue weighted by Gasteiger charge is -2.31. The highest BCUT2D eigenvalue weighted by Crippen LogP contribution is 2.47. The molecule has 0 saturated heterocycles. The molecule has 5 aromatic rings. The predicted octanol–water partition coefficient (Wildman–Crippen LogP) is 9.15. The van der Waals surface area contributed by atoms with E-state index in [4.69, 9.17) is 0 Å². The summed E-state index contributed by atoms with van der Waals surface area (Å²) in [6.45, 7) is 6.17. The molecule has 3 aromatic heterocycles. The number of halogens is 6. The molecule has 0 N–H and O–H groups in total. The van der Waals surface area contributed by atoms with E-state index in [1.165, 1.54) is 0 Å². The van der Waals surface area contributed by atoms with Gasteiger partial charge >= 0.3 is 12.4 Å². The van der Waals surface area contributed by atoms with E-state index in [0.717, 1.165) is 22.9 Å². The Labute approximate surface area is 262 Å². The highest BCUT2D eigenvalue weighted by Gasteiger charge is 2.45. The number of allylic oxidation sites excluding steroid dienone is 1. The maximum absolute atomic E-state index is 14.8. The van der Waals surface area contributed by atoms with Crippen molar-refractivity contribution in [2.45, 2.75) is 50.5 Å². The van der Waals surface area contributed by atoms with E-state index in [-0.39, 0.29) is 41.3 Å². The average Bonchev–Trinajstić information content (AvgIpc) is 3.03. The van der Waals surface area contributed by atoms with Crippen molar-refractivity contribution in [3.8, 4) is 33.8 Å². The SMILES string of the molecule is C=C1CC2C(CCc3cc(C(F)(F)F)cc(C(F)(F)F)c3-c3cc(C)c(-c4ccccn4)c[n+]31)c1ccccc1-c1cccc[n+]12. The fraction of sp³-hybridized carbons (Fsp3) is 0.216. The maximum atomic E-state index is 14.8. The number of fused-ring (bicyclic) bond motifs is 9. The Morgan fingerprint density at radius 1 is 0.826 bits per heavy atom. The van der Waals surface area contributed by atoms with Gasteiger partial charge in [0, 0.05) is 35.9 Å². The third-order valence-corrected chi connectivity index (χ3v) is 9.20. The number of aromatic nitrogens is 3. The first-order valence-electron chi connectivity index (χ1n) is 15.0. The summed E-state index contributed by atoms with van der Waals surface area (Å²) >= 11 is 0. The van der Waals surface area contributed by atoms with Crippen LogP contribution in [0.5, 0.6) is 0 Å². The molecule has 2 atom stereocenters. The Morgan fingerprint density at radius 3 is 2.33 bits per heavy atom. The molecule has 9 heteroatoms. The van der Waals surface area contributed by atoms with Crippen molar-refractivity contribution in [3.63, 3.8) is 0 Å². The first-order valence-corrected chi connectivity index (χ1v) is 15.0. The van der Waals surface area contributed by atoms with E-state index in [1.54, 1.807) is 36.0 Å². The molecule has 0 saturated carbocycles. The molecule has 46 heavy (non-hydrogen) atoms. The number of aryl methyl sites for hydroxylation is 2. The second kappa shape index (κ2) is 10.9. The first kappa shape index (κ1) is 29.9. The minimum Gasteiger partial charge on any atom is -0.256 e. The third kappa shape index (κ3) is 5.07. The quantitative estimate of drug-likeness (QED) is 0.134. The molecule has 2 unspecified atom stereocenters. The zero-order valence-electron chi connectivity index (χ0n) is 24.8. The molecule has 2 aliphatic rings. The minimum absolute atomic E-state index is 0.00400. The van der Waals surface area contributed by atoms with Crippen molar-refractivity contribution < 1.29 is 35.5 Å². The summed E-state index contributed by atoms with van der Waals surface area (Å²) < 4.78 is 90.7. The molecule has 0 aliphatic carbocycles. The smallest absolute Gasteiger partial charge is 0.256 e. The Hall–Kier alpha value is -4.79. The Kier molecular flexibility index (Phi) is 7.10. The van der Waals surface area contributed by atoms with Crippen LogP contribution in [-0.4, -0.2) is 4.98 Å². The van der Waals surface area contributed by atoms with Crippen molar-refractivity contribution >= 4 is 5.70 Å². The van der Waals surface area contributed by atoms with Crippen molar-refractivity contribution in [2.75, 3.05) is 0 Å². The van der Waals surface area contributed by atoms with Crippen LogP contribution in [0.3, 0.4) is 0 Å². The Morgan fingerprint density at radius 2 is 1.59 bits per heavy atom. The van der Waals surface area contributed by atoms with Gasteiger partial charge in [0.05, 0.1) is 34.4 Å². The second-order valence-electron chi connectivity index (χ2n) is 12.0. The average molecular weight is 630 g/mol. The summed E-state index contributed by atoms with van der Waals surface area (Å²) in [5, 5.41) is 0. The van der Waals surface area contributed by atoms with E-state index >= 15 is 0 Å². The molecular formula is C37H29F6N3+2. The van der Waals surface area contributed by atoms with E-state index in [2.05, 4.69) is 16.1 Å². The fourth-order valence-corrected chi connectivity index (χ4v) is 7.15. The summed E-state index contributed by atoms with van der Waals surface area (Å²) in [6.07, 6.45) is -3.93. The summed E-state index contributed by atoms with van der Waals surface area (Å²) in [4.78, 5) is 4.47. The minimum atomic E-state index is -5.04. The number of pyridine rings is 3. The van der Waals surface area contributed by atoms with E-state index in [9.17, 15) is 26.3 Å². The maximum Gasteiger partial charge on any atom is 0.417 e.